The van der Waals surface area contributed by atoms with Crippen LogP contribution in [0.25, 0.3) is 0 Å². The smallest absolute Gasteiger partial charge is 0.309 e. The highest BCUT2D eigenvalue weighted by molar-refractivity contribution is 5.94. The molecule has 3 atom stereocenters. The summed E-state index contributed by atoms with van der Waals surface area (Å²) >= 11 is 0. The van der Waals surface area contributed by atoms with Crippen LogP contribution in [-0.2, 0) is 9.53 Å². The number of hydrogen-bond acceptors (Lipinski definition) is 5. The molecular weight excluding hydrogens is 256 g/mol. The molecule has 0 amide bonds. The lowest BCUT2D eigenvalue weighted by Gasteiger charge is -2.39. The molecule has 0 aromatic carbocycles. The van der Waals surface area contributed by atoms with Gasteiger partial charge in [0.25, 0.3) is 0 Å². The van der Waals surface area contributed by atoms with Crippen LogP contribution >= 0.6 is 0 Å². The van der Waals surface area contributed by atoms with Crippen LogP contribution in [0.4, 0.5) is 0 Å². The first-order chi connectivity index (χ1) is 9.74. The maximum absolute atomic E-state index is 11.8. The Morgan fingerprint density at radius 2 is 2.10 bits per heavy atom. The maximum Gasteiger partial charge on any atom is 0.309 e. The fourth-order valence-corrected chi connectivity index (χ4v) is 4.35. The Kier molecular flexibility index (Phi) is 3.96. The third kappa shape index (κ3) is 2.32. The quantitative estimate of drug-likeness (QED) is 0.487. The van der Waals surface area contributed by atoms with Crippen LogP contribution in [-0.4, -0.2) is 47.5 Å². The lowest BCUT2D eigenvalue weighted by Crippen LogP contribution is -2.49. The molecule has 2 bridgehead atoms. The Morgan fingerprint density at radius 3 is 2.75 bits per heavy atom. The van der Waals surface area contributed by atoms with Crippen molar-refractivity contribution in [3.05, 3.63) is 0 Å². The molecule has 2 saturated carbocycles. The van der Waals surface area contributed by atoms with Crippen molar-refractivity contribution in [2.45, 2.75) is 45.1 Å². The number of nitrogens with zero attached hydrogens (tertiary/aromatic N) is 2. The lowest BCUT2D eigenvalue weighted by molar-refractivity contribution is -0.149. The molecule has 0 aromatic heterocycles. The zero-order valence-electron chi connectivity index (χ0n) is 12.1. The molecule has 2 aliphatic carbocycles. The normalized spacial score (nSPS) is 36.6. The summed E-state index contributed by atoms with van der Waals surface area (Å²) in [5, 5.41) is 12.9. The van der Waals surface area contributed by atoms with Gasteiger partial charge in [0, 0.05) is 5.92 Å². The molecule has 3 fully saturated rings. The minimum absolute atomic E-state index is 0.0452. The summed E-state index contributed by atoms with van der Waals surface area (Å²) in [6.45, 7) is 4.14. The predicted molar refractivity (Wildman–Crippen MR) is 74.8 cm³/mol. The summed E-state index contributed by atoms with van der Waals surface area (Å²) in [4.78, 5) is 14.2. The monoisotopic (exact) mass is 280 g/mol. The average molecular weight is 280 g/mol. The van der Waals surface area contributed by atoms with Crippen molar-refractivity contribution in [3.63, 3.8) is 0 Å². The topological polar surface area (TPSA) is 62.1 Å². The third-order valence-electron chi connectivity index (χ3n) is 5.30. The second-order valence-corrected chi connectivity index (χ2v) is 6.30. The number of ether oxygens (including phenoxy) is 1. The number of fused-ring (bicyclic) bond motifs is 2. The molecular formula is C15H24N2O3. The first kappa shape index (κ1) is 13.9. The molecule has 20 heavy (non-hydrogen) atoms. The van der Waals surface area contributed by atoms with Crippen molar-refractivity contribution >= 4 is 11.7 Å². The van der Waals surface area contributed by atoms with Gasteiger partial charge in [-0.25, -0.2) is 0 Å². The van der Waals surface area contributed by atoms with Gasteiger partial charge in [-0.3, -0.25) is 9.69 Å². The van der Waals surface area contributed by atoms with E-state index in [-0.39, 0.29) is 11.9 Å². The summed E-state index contributed by atoms with van der Waals surface area (Å²) in [5.74, 6) is 1.17. The summed E-state index contributed by atoms with van der Waals surface area (Å²) in [5.41, 5.74) is 0.996. The molecule has 1 N–H and O–H groups in total. The number of esters is 1. The van der Waals surface area contributed by atoms with Crippen molar-refractivity contribution < 1.29 is 14.7 Å². The zero-order valence-corrected chi connectivity index (χ0v) is 12.1. The Morgan fingerprint density at radius 1 is 1.35 bits per heavy atom. The van der Waals surface area contributed by atoms with E-state index in [0.29, 0.717) is 24.5 Å². The highest BCUT2D eigenvalue weighted by atomic mass is 16.5. The van der Waals surface area contributed by atoms with Gasteiger partial charge in [0.15, 0.2) is 0 Å². The molecule has 3 rings (SSSR count). The molecule has 0 radical (unpaired) electrons. The molecule has 1 saturated heterocycles. The Bertz CT molecular complexity index is 402. The minimum Gasteiger partial charge on any atom is -0.466 e. The van der Waals surface area contributed by atoms with Crippen LogP contribution < -0.4 is 0 Å². The van der Waals surface area contributed by atoms with Gasteiger partial charge in [-0.05, 0) is 58.0 Å². The van der Waals surface area contributed by atoms with E-state index >= 15 is 0 Å². The third-order valence-corrected chi connectivity index (χ3v) is 5.30. The summed E-state index contributed by atoms with van der Waals surface area (Å²) < 4.78 is 5.11. The van der Waals surface area contributed by atoms with E-state index in [1.54, 1.807) is 0 Å². The maximum atomic E-state index is 11.8. The minimum atomic E-state index is -0.0452. The van der Waals surface area contributed by atoms with Gasteiger partial charge in [0.1, 0.15) is 0 Å². The predicted octanol–water partition coefficient (Wildman–Crippen LogP) is 1.89. The Balaban J connectivity index is 1.60. The fraction of sp³-hybridized carbons (Fsp3) is 0.867. The molecule has 5 heteroatoms. The number of hydrogen-bond donors (Lipinski definition) is 1. The Labute approximate surface area is 120 Å². The van der Waals surface area contributed by atoms with Gasteiger partial charge in [-0.1, -0.05) is 5.16 Å². The van der Waals surface area contributed by atoms with Gasteiger partial charge in [0.2, 0.25) is 0 Å². The molecule has 1 aliphatic heterocycles. The van der Waals surface area contributed by atoms with Gasteiger partial charge in [-0.15, -0.1) is 0 Å². The van der Waals surface area contributed by atoms with Crippen LogP contribution in [0.2, 0.25) is 0 Å². The molecule has 112 valence electrons. The van der Waals surface area contributed by atoms with Crippen molar-refractivity contribution in [2.24, 2.45) is 22.9 Å². The molecule has 3 aliphatic rings. The molecule has 0 spiro atoms. The fourth-order valence-electron chi connectivity index (χ4n) is 4.35. The highest BCUT2D eigenvalue weighted by Crippen LogP contribution is 2.45. The lowest BCUT2D eigenvalue weighted by atomic mass is 9.88. The van der Waals surface area contributed by atoms with E-state index in [4.69, 9.17) is 4.74 Å². The van der Waals surface area contributed by atoms with Gasteiger partial charge in [-0.2, -0.15) is 0 Å². The molecule has 0 aromatic rings. The van der Waals surface area contributed by atoms with Gasteiger partial charge >= 0.3 is 5.97 Å². The molecule has 1 heterocycles. The number of carbonyl (C=O) groups excluding carboxylic acids is 1. The standard InChI is InChI=1S/C15H24N2O3/c1-2-20-15(18)10-5-7-17(8-6-10)14-12-4-3-11(9-12)13(14)16-19/h10-12,14,19H,2-9H2,1H3/b16-13+. The number of piperidine rings is 1. The summed E-state index contributed by atoms with van der Waals surface area (Å²) in [6, 6.07) is 0.321. The van der Waals surface area contributed by atoms with Crippen LogP contribution in [0.5, 0.6) is 0 Å². The van der Waals surface area contributed by atoms with Crippen LogP contribution in [0.1, 0.15) is 39.0 Å². The number of carbonyl (C=O) groups is 1. The van der Waals surface area contributed by atoms with Crippen molar-refractivity contribution in [1.82, 2.24) is 4.90 Å². The molecule has 5 nitrogen and oxygen atoms in total. The SMILES string of the molecule is CCOC(=O)C1CCN(C2/C(=N/O)C3CCC2C3)CC1. The first-order valence-electron chi connectivity index (χ1n) is 7.87. The number of oxime groups is 1. The van der Waals surface area contributed by atoms with Crippen LogP contribution in [0.15, 0.2) is 5.16 Å². The number of rotatable bonds is 3. The van der Waals surface area contributed by atoms with Crippen molar-refractivity contribution in [2.75, 3.05) is 19.7 Å². The van der Waals surface area contributed by atoms with Crippen molar-refractivity contribution in [1.29, 1.82) is 0 Å². The van der Waals surface area contributed by atoms with E-state index in [9.17, 15) is 10.0 Å². The second-order valence-electron chi connectivity index (χ2n) is 6.30. The summed E-state index contributed by atoms with van der Waals surface area (Å²) in [7, 11) is 0. The van der Waals surface area contributed by atoms with E-state index in [1.807, 2.05) is 6.92 Å². The summed E-state index contributed by atoms with van der Waals surface area (Å²) in [6.07, 6.45) is 5.35. The largest absolute Gasteiger partial charge is 0.466 e. The highest BCUT2D eigenvalue weighted by Gasteiger charge is 2.48. The van der Waals surface area contributed by atoms with Gasteiger partial charge < -0.3 is 9.94 Å². The van der Waals surface area contributed by atoms with E-state index in [2.05, 4.69) is 10.1 Å². The van der Waals surface area contributed by atoms with Crippen LogP contribution in [0.3, 0.4) is 0 Å². The average Bonchev–Trinajstić information content (AvgIpc) is 3.08. The first-order valence-corrected chi connectivity index (χ1v) is 7.87. The molecule has 3 unspecified atom stereocenters. The van der Waals surface area contributed by atoms with Crippen molar-refractivity contribution in [3.8, 4) is 0 Å². The Hall–Kier alpha value is -1.10. The second kappa shape index (κ2) is 5.72. The van der Waals surface area contributed by atoms with Gasteiger partial charge in [0.05, 0.1) is 24.3 Å². The van der Waals surface area contributed by atoms with Crippen LogP contribution in [0, 0.1) is 17.8 Å². The van der Waals surface area contributed by atoms with E-state index < -0.39 is 0 Å². The zero-order chi connectivity index (χ0) is 14.1. The van der Waals surface area contributed by atoms with E-state index in [1.165, 1.54) is 19.3 Å². The van der Waals surface area contributed by atoms with E-state index in [0.717, 1.165) is 31.6 Å². The number of likely N-dealkylation sites (tertiary alicyclic amines) is 1.